The van der Waals surface area contributed by atoms with Gasteiger partial charge in [-0.1, -0.05) is 36.5 Å². The van der Waals surface area contributed by atoms with Gasteiger partial charge in [0, 0.05) is 18.4 Å². The van der Waals surface area contributed by atoms with Gasteiger partial charge in [-0.2, -0.15) is 5.26 Å². The Bertz CT molecular complexity index is 550. The maximum absolute atomic E-state index is 11.7. The molecule has 1 aromatic rings. The van der Waals surface area contributed by atoms with Gasteiger partial charge in [0.05, 0.1) is 10.0 Å². The summed E-state index contributed by atoms with van der Waals surface area (Å²) < 4.78 is 0. The molecule has 0 fully saturated rings. The van der Waals surface area contributed by atoms with Gasteiger partial charge < -0.3 is 10.6 Å². The van der Waals surface area contributed by atoms with Crippen molar-refractivity contribution in [3.63, 3.8) is 0 Å². The third-order valence-corrected chi connectivity index (χ3v) is 3.22. The Balaban J connectivity index is 2.67. The van der Waals surface area contributed by atoms with E-state index in [0.717, 1.165) is 12.8 Å². The van der Waals surface area contributed by atoms with Crippen LogP contribution < -0.4 is 10.6 Å². The Kier molecular flexibility index (Phi) is 6.92. The zero-order valence-corrected chi connectivity index (χ0v) is 12.6. The number of carbonyl (C=O) groups excluding carboxylic acids is 1. The van der Waals surface area contributed by atoms with Crippen LogP contribution >= 0.6 is 23.2 Å². The summed E-state index contributed by atoms with van der Waals surface area (Å²) in [7, 11) is 0. The predicted octanol–water partition coefficient (Wildman–Crippen LogP) is 3.73. The van der Waals surface area contributed by atoms with Crippen LogP contribution in [0.2, 0.25) is 10.0 Å². The van der Waals surface area contributed by atoms with Gasteiger partial charge in [0.25, 0.3) is 5.91 Å². The summed E-state index contributed by atoms with van der Waals surface area (Å²) in [5, 5.41) is 15.3. The average molecular weight is 312 g/mol. The van der Waals surface area contributed by atoms with Gasteiger partial charge in [0.2, 0.25) is 0 Å². The fourth-order valence-electron chi connectivity index (χ4n) is 1.36. The first kappa shape index (κ1) is 16.4. The van der Waals surface area contributed by atoms with Crippen molar-refractivity contribution in [2.24, 2.45) is 0 Å². The quantitative estimate of drug-likeness (QED) is 0.478. The van der Waals surface area contributed by atoms with Crippen LogP contribution in [-0.4, -0.2) is 12.5 Å². The maximum atomic E-state index is 11.7. The highest BCUT2D eigenvalue weighted by molar-refractivity contribution is 6.42. The summed E-state index contributed by atoms with van der Waals surface area (Å²) in [5.41, 5.74) is 0.653. The number of anilines is 1. The van der Waals surface area contributed by atoms with E-state index in [9.17, 15) is 4.79 Å². The normalized spacial score (nSPS) is 10.8. The molecule has 0 spiro atoms. The fraction of sp³-hybridized carbons (Fsp3) is 0.286. The second kappa shape index (κ2) is 8.47. The SMILES string of the molecule is CCCCNC(=O)/C(C#N)=C\Nc1ccc(Cl)c(Cl)c1. The molecule has 0 saturated heterocycles. The van der Waals surface area contributed by atoms with Crippen LogP contribution in [0.3, 0.4) is 0 Å². The number of hydrogen-bond acceptors (Lipinski definition) is 3. The van der Waals surface area contributed by atoms with E-state index in [0.29, 0.717) is 22.3 Å². The topological polar surface area (TPSA) is 64.9 Å². The number of nitrogens with zero attached hydrogens (tertiary/aromatic N) is 1. The minimum Gasteiger partial charge on any atom is -0.360 e. The summed E-state index contributed by atoms with van der Waals surface area (Å²) >= 11 is 11.7. The molecule has 1 rings (SSSR count). The maximum Gasteiger partial charge on any atom is 0.263 e. The molecule has 0 atom stereocenters. The number of halogens is 2. The molecule has 2 N–H and O–H groups in total. The summed E-state index contributed by atoms with van der Waals surface area (Å²) in [6, 6.07) is 6.80. The van der Waals surface area contributed by atoms with E-state index in [1.165, 1.54) is 6.20 Å². The van der Waals surface area contributed by atoms with Crippen molar-refractivity contribution < 1.29 is 4.79 Å². The molecule has 0 aliphatic heterocycles. The van der Waals surface area contributed by atoms with Crippen LogP contribution in [0.4, 0.5) is 5.69 Å². The average Bonchev–Trinajstić information content (AvgIpc) is 2.43. The lowest BCUT2D eigenvalue weighted by Crippen LogP contribution is -2.25. The van der Waals surface area contributed by atoms with Gasteiger partial charge in [-0.3, -0.25) is 4.79 Å². The number of amides is 1. The number of rotatable bonds is 6. The lowest BCUT2D eigenvalue weighted by atomic mass is 10.2. The van der Waals surface area contributed by atoms with Gasteiger partial charge in [-0.25, -0.2) is 0 Å². The van der Waals surface area contributed by atoms with E-state index in [1.807, 2.05) is 13.0 Å². The molecule has 6 heteroatoms. The second-order valence-corrected chi connectivity index (χ2v) is 4.87. The number of nitrogens with one attached hydrogen (secondary N) is 2. The van der Waals surface area contributed by atoms with Crippen molar-refractivity contribution in [2.75, 3.05) is 11.9 Å². The summed E-state index contributed by atoms with van der Waals surface area (Å²) in [6.07, 6.45) is 3.21. The van der Waals surface area contributed by atoms with Crippen molar-refractivity contribution in [2.45, 2.75) is 19.8 Å². The molecule has 0 bridgehead atoms. The van der Waals surface area contributed by atoms with Crippen molar-refractivity contribution in [3.8, 4) is 6.07 Å². The molecule has 20 heavy (non-hydrogen) atoms. The Morgan fingerprint density at radius 1 is 1.40 bits per heavy atom. The molecular weight excluding hydrogens is 297 g/mol. The van der Waals surface area contributed by atoms with Crippen LogP contribution in [0.5, 0.6) is 0 Å². The lowest BCUT2D eigenvalue weighted by Gasteiger charge is -2.05. The minimum absolute atomic E-state index is 0.00664. The minimum atomic E-state index is -0.395. The Labute approximate surface area is 128 Å². The Hall–Kier alpha value is -1.70. The number of hydrogen-bond donors (Lipinski definition) is 2. The van der Waals surface area contributed by atoms with Gasteiger partial charge in [0.15, 0.2) is 0 Å². The molecule has 1 aromatic carbocycles. The molecule has 0 heterocycles. The number of carbonyl (C=O) groups is 1. The smallest absolute Gasteiger partial charge is 0.263 e. The lowest BCUT2D eigenvalue weighted by molar-refractivity contribution is -0.117. The van der Waals surface area contributed by atoms with Crippen LogP contribution in [-0.2, 0) is 4.79 Å². The van der Waals surface area contributed by atoms with Crippen molar-refractivity contribution in [1.82, 2.24) is 5.32 Å². The molecule has 0 aliphatic carbocycles. The zero-order chi connectivity index (χ0) is 15.0. The Morgan fingerprint density at radius 3 is 2.75 bits per heavy atom. The van der Waals surface area contributed by atoms with Crippen LogP contribution in [0.15, 0.2) is 30.0 Å². The first-order valence-corrected chi connectivity index (χ1v) is 6.94. The number of nitriles is 1. The molecule has 0 radical (unpaired) electrons. The summed E-state index contributed by atoms with van der Waals surface area (Å²) in [6.45, 7) is 2.58. The van der Waals surface area contributed by atoms with E-state index < -0.39 is 5.91 Å². The fourth-order valence-corrected chi connectivity index (χ4v) is 1.66. The zero-order valence-electron chi connectivity index (χ0n) is 11.0. The first-order chi connectivity index (χ1) is 9.58. The van der Waals surface area contributed by atoms with Crippen molar-refractivity contribution in [3.05, 3.63) is 40.0 Å². The van der Waals surface area contributed by atoms with E-state index in [4.69, 9.17) is 28.5 Å². The second-order valence-electron chi connectivity index (χ2n) is 4.05. The number of unbranched alkanes of at least 4 members (excludes halogenated alkanes) is 1. The molecule has 0 unspecified atom stereocenters. The Morgan fingerprint density at radius 2 is 2.15 bits per heavy atom. The predicted molar refractivity (Wildman–Crippen MR) is 81.7 cm³/mol. The molecule has 1 amide bonds. The van der Waals surface area contributed by atoms with Crippen LogP contribution in [0.1, 0.15) is 19.8 Å². The van der Waals surface area contributed by atoms with Gasteiger partial charge in [-0.05, 0) is 24.6 Å². The molecule has 0 aromatic heterocycles. The van der Waals surface area contributed by atoms with E-state index in [-0.39, 0.29) is 5.57 Å². The monoisotopic (exact) mass is 311 g/mol. The van der Waals surface area contributed by atoms with Crippen LogP contribution in [0.25, 0.3) is 0 Å². The molecule has 0 aliphatic rings. The van der Waals surface area contributed by atoms with Crippen LogP contribution in [0, 0.1) is 11.3 Å². The van der Waals surface area contributed by atoms with E-state index in [2.05, 4.69) is 10.6 Å². The third kappa shape index (κ3) is 5.12. The first-order valence-electron chi connectivity index (χ1n) is 6.18. The van der Waals surface area contributed by atoms with Crippen molar-refractivity contribution >= 4 is 34.8 Å². The molecular formula is C14H15Cl2N3O. The largest absolute Gasteiger partial charge is 0.360 e. The summed E-state index contributed by atoms with van der Waals surface area (Å²) in [5.74, 6) is -0.395. The third-order valence-electron chi connectivity index (χ3n) is 2.48. The van der Waals surface area contributed by atoms with Crippen molar-refractivity contribution in [1.29, 1.82) is 5.26 Å². The highest BCUT2D eigenvalue weighted by Gasteiger charge is 2.07. The van der Waals surface area contributed by atoms with Gasteiger partial charge in [-0.15, -0.1) is 0 Å². The van der Waals surface area contributed by atoms with Gasteiger partial charge >= 0.3 is 0 Å². The summed E-state index contributed by atoms with van der Waals surface area (Å²) in [4.78, 5) is 11.7. The molecule has 4 nitrogen and oxygen atoms in total. The highest BCUT2D eigenvalue weighted by Crippen LogP contribution is 2.25. The standard InChI is InChI=1S/C14H15Cl2N3O/c1-2-3-6-18-14(20)10(8-17)9-19-11-4-5-12(15)13(16)7-11/h4-5,7,9,19H,2-3,6H2,1H3,(H,18,20)/b10-9-. The number of benzene rings is 1. The molecule has 0 saturated carbocycles. The molecule has 106 valence electrons. The van der Waals surface area contributed by atoms with Gasteiger partial charge in [0.1, 0.15) is 11.6 Å². The van der Waals surface area contributed by atoms with E-state index >= 15 is 0 Å². The van der Waals surface area contributed by atoms with E-state index in [1.54, 1.807) is 18.2 Å². The highest BCUT2D eigenvalue weighted by atomic mass is 35.5.